The molecule has 1 amide bonds. The summed E-state index contributed by atoms with van der Waals surface area (Å²) in [6.45, 7) is 16.3. The van der Waals surface area contributed by atoms with Crippen molar-refractivity contribution in [3.63, 3.8) is 0 Å². The van der Waals surface area contributed by atoms with E-state index in [9.17, 15) is 9.59 Å². The lowest BCUT2D eigenvalue weighted by atomic mass is 9.87. The van der Waals surface area contributed by atoms with Crippen molar-refractivity contribution >= 4 is 22.4 Å². The number of likely N-dealkylation sites (tertiary alicyclic amines) is 1. The SMILES string of the molecule is C=C(C)/C=C(\C=C(C)C)c1[nH]c2ccc(C3CCN(C(=O)c4cccn(C5CC5)c4=O)CC3)cc2c1C(C)C. The molecule has 2 fully saturated rings. The van der Waals surface area contributed by atoms with Crippen LogP contribution in [0.25, 0.3) is 16.5 Å². The molecule has 0 bridgehead atoms. The Labute approximate surface area is 231 Å². The Bertz CT molecular complexity index is 1530. The highest BCUT2D eigenvalue weighted by molar-refractivity contribution is 5.94. The van der Waals surface area contributed by atoms with Crippen LogP contribution in [0.4, 0.5) is 0 Å². The zero-order valence-corrected chi connectivity index (χ0v) is 24.0. The van der Waals surface area contributed by atoms with Gasteiger partial charge >= 0.3 is 0 Å². The quantitative estimate of drug-likeness (QED) is 0.322. The third-order valence-electron chi connectivity index (χ3n) is 7.97. The van der Waals surface area contributed by atoms with Crippen LogP contribution < -0.4 is 5.56 Å². The van der Waals surface area contributed by atoms with E-state index in [1.807, 2.05) is 24.1 Å². The molecule has 1 aliphatic heterocycles. The highest BCUT2D eigenvalue weighted by Gasteiger charge is 2.29. The second-order valence-corrected chi connectivity index (χ2v) is 12.0. The van der Waals surface area contributed by atoms with E-state index < -0.39 is 0 Å². The van der Waals surface area contributed by atoms with E-state index in [1.54, 1.807) is 10.6 Å². The number of nitrogens with one attached hydrogen (secondary N) is 1. The van der Waals surface area contributed by atoms with Crippen molar-refractivity contribution in [3.8, 4) is 0 Å². The topological polar surface area (TPSA) is 58.1 Å². The number of aromatic nitrogens is 2. The highest BCUT2D eigenvalue weighted by Crippen LogP contribution is 2.38. The molecule has 1 N–H and O–H groups in total. The molecule has 0 radical (unpaired) electrons. The first kappa shape index (κ1) is 27.0. The molecular weight excluding hydrogens is 482 g/mol. The number of rotatable bonds is 7. The van der Waals surface area contributed by atoms with E-state index >= 15 is 0 Å². The van der Waals surface area contributed by atoms with Crippen molar-refractivity contribution in [1.82, 2.24) is 14.5 Å². The summed E-state index contributed by atoms with van der Waals surface area (Å²) in [5.41, 5.74) is 8.58. The Morgan fingerprint density at radius 1 is 1.05 bits per heavy atom. The lowest BCUT2D eigenvalue weighted by Crippen LogP contribution is -2.41. The zero-order valence-electron chi connectivity index (χ0n) is 24.0. The summed E-state index contributed by atoms with van der Waals surface area (Å²) in [4.78, 5) is 31.7. The summed E-state index contributed by atoms with van der Waals surface area (Å²) in [5, 5.41) is 1.27. The molecule has 2 aliphatic rings. The van der Waals surface area contributed by atoms with Gasteiger partial charge in [0, 0.05) is 41.9 Å². The molecule has 0 unspecified atom stereocenters. The molecule has 5 nitrogen and oxygen atoms in total. The molecule has 1 aromatic carbocycles. The Hall–Kier alpha value is -3.60. The highest BCUT2D eigenvalue weighted by atomic mass is 16.2. The molecule has 0 spiro atoms. The molecule has 1 aliphatic carbocycles. The van der Waals surface area contributed by atoms with Crippen molar-refractivity contribution < 1.29 is 4.79 Å². The van der Waals surface area contributed by atoms with Crippen LogP contribution in [-0.2, 0) is 0 Å². The molecule has 1 saturated carbocycles. The lowest BCUT2D eigenvalue weighted by Gasteiger charge is -2.32. The maximum atomic E-state index is 13.3. The molecule has 1 saturated heterocycles. The fraction of sp³-hybridized carbons (Fsp3) is 0.412. The molecule has 5 heteroatoms. The summed E-state index contributed by atoms with van der Waals surface area (Å²) in [6, 6.07) is 10.6. The van der Waals surface area contributed by atoms with Crippen LogP contribution in [0.3, 0.4) is 0 Å². The number of H-pyrrole nitrogens is 1. The van der Waals surface area contributed by atoms with E-state index in [-0.39, 0.29) is 17.5 Å². The summed E-state index contributed by atoms with van der Waals surface area (Å²) in [7, 11) is 0. The van der Waals surface area contributed by atoms with E-state index in [0.29, 0.717) is 30.5 Å². The number of hydrogen-bond acceptors (Lipinski definition) is 2. The molecule has 3 heterocycles. The van der Waals surface area contributed by atoms with E-state index in [1.165, 1.54) is 27.8 Å². The number of piperidine rings is 1. The van der Waals surface area contributed by atoms with Gasteiger partial charge in [0.2, 0.25) is 0 Å². The second kappa shape index (κ2) is 10.9. The number of amides is 1. The average molecular weight is 524 g/mol. The fourth-order valence-electron chi connectivity index (χ4n) is 5.97. The normalized spacial score (nSPS) is 16.7. The first-order valence-electron chi connectivity index (χ1n) is 14.3. The van der Waals surface area contributed by atoms with Gasteiger partial charge in [0.25, 0.3) is 11.5 Å². The number of aromatic amines is 1. The van der Waals surface area contributed by atoms with Gasteiger partial charge in [-0.2, -0.15) is 0 Å². The number of allylic oxidation sites excluding steroid dienone is 5. The standard InChI is InChI=1S/C34H41N3O2/c1-21(2)18-26(19-22(3)4)32-31(23(5)6)29-20-25(9-12-30(29)35-32)24-13-16-36(17-14-24)33(38)28-8-7-15-37(34(28)39)27-10-11-27/h7-9,12,15,18-20,23-24,27,35H,1,10-11,13-14,16-17H2,2-6H3/b26-18+. The maximum absolute atomic E-state index is 13.3. The van der Waals surface area contributed by atoms with Crippen LogP contribution in [0, 0.1) is 0 Å². The number of carbonyl (C=O) groups is 1. The summed E-state index contributed by atoms with van der Waals surface area (Å²) < 4.78 is 1.74. The van der Waals surface area contributed by atoms with E-state index in [2.05, 4.69) is 69.6 Å². The van der Waals surface area contributed by atoms with Crippen LogP contribution in [-0.4, -0.2) is 33.4 Å². The monoisotopic (exact) mass is 523 g/mol. The largest absolute Gasteiger partial charge is 0.354 e. The summed E-state index contributed by atoms with van der Waals surface area (Å²) in [5.74, 6) is 0.615. The first-order valence-corrected chi connectivity index (χ1v) is 14.3. The molecular formula is C34H41N3O2. The smallest absolute Gasteiger partial charge is 0.263 e. The van der Waals surface area contributed by atoms with Gasteiger partial charge in [0.1, 0.15) is 5.56 Å². The minimum absolute atomic E-state index is 0.127. The van der Waals surface area contributed by atoms with Crippen molar-refractivity contribution in [2.45, 2.75) is 78.2 Å². The molecule has 3 aromatic rings. The number of benzene rings is 1. The van der Waals surface area contributed by atoms with E-state index in [4.69, 9.17) is 0 Å². The van der Waals surface area contributed by atoms with Gasteiger partial charge in [0.05, 0.1) is 0 Å². The van der Waals surface area contributed by atoms with Gasteiger partial charge < -0.3 is 14.5 Å². The number of hydrogen-bond donors (Lipinski definition) is 1. The Morgan fingerprint density at radius 3 is 2.38 bits per heavy atom. The van der Waals surface area contributed by atoms with Gasteiger partial charge in [-0.05, 0) is 99.3 Å². The minimum Gasteiger partial charge on any atom is -0.354 e. The van der Waals surface area contributed by atoms with Crippen molar-refractivity contribution in [2.24, 2.45) is 0 Å². The van der Waals surface area contributed by atoms with Crippen LogP contribution in [0.2, 0.25) is 0 Å². The molecule has 0 atom stereocenters. The maximum Gasteiger partial charge on any atom is 0.263 e. The van der Waals surface area contributed by atoms with Crippen LogP contribution >= 0.6 is 0 Å². The second-order valence-electron chi connectivity index (χ2n) is 12.0. The van der Waals surface area contributed by atoms with Crippen LogP contribution in [0.15, 0.2) is 71.2 Å². The fourth-order valence-corrected chi connectivity index (χ4v) is 5.97. The van der Waals surface area contributed by atoms with Crippen LogP contribution in [0.1, 0.15) is 105 Å². The zero-order chi connectivity index (χ0) is 27.8. The number of fused-ring (bicyclic) bond motifs is 1. The minimum atomic E-state index is -0.143. The van der Waals surface area contributed by atoms with Gasteiger partial charge in [-0.25, -0.2) is 0 Å². The molecule has 5 rings (SSSR count). The van der Waals surface area contributed by atoms with E-state index in [0.717, 1.165) is 42.3 Å². The summed E-state index contributed by atoms with van der Waals surface area (Å²) in [6.07, 6.45) is 10.0. The number of carbonyl (C=O) groups excluding carboxylic acids is 1. The van der Waals surface area contributed by atoms with Gasteiger partial charge in [-0.3, -0.25) is 9.59 Å². The first-order chi connectivity index (χ1) is 18.6. The predicted octanol–water partition coefficient (Wildman–Crippen LogP) is 7.73. The average Bonchev–Trinajstić information content (AvgIpc) is 3.66. The van der Waals surface area contributed by atoms with Crippen LogP contribution in [0.5, 0.6) is 0 Å². The summed E-state index contributed by atoms with van der Waals surface area (Å²) >= 11 is 0. The number of pyridine rings is 1. The van der Waals surface area contributed by atoms with Gasteiger partial charge in [-0.15, -0.1) is 0 Å². The third kappa shape index (κ3) is 5.59. The molecule has 2 aromatic heterocycles. The Balaban J connectivity index is 1.39. The Kier molecular flexibility index (Phi) is 7.53. The Morgan fingerprint density at radius 2 is 1.77 bits per heavy atom. The van der Waals surface area contributed by atoms with Gasteiger partial charge in [0.15, 0.2) is 0 Å². The lowest BCUT2D eigenvalue weighted by molar-refractivity contribution is 0.0710. The molecule has 204 valence electrons. The third-order valence-corrected chi connectivity index (χ3v) is 7.97. The molecule has 39 heavy (non-hydrogen) atoms. The number of nitrogens with zero attached hydrogens (tertiary/aromatic N) is 2. The predicted molar refractivity (Wildman–Crippen MR) is 161 cm³/mol. The van der Waals surface area contributed by atoms with Gasteiger partial charge in [-0.1, -0.05) is 49.8 Å². The van der Waals surface area contributed by atoms with Crippen molar-refractivity contribution in [3.05, 3.63) is 99.1 Å². The van der Waals surface area contributed by atoms with Crippen molar-refractivity contribution in [1.29, 1.82) is 0 Å². The van der Waals surface area contributed by atoms with Crippen molar-refractivity contribution in [2.75, 3.05) is 13.1 Å².